The Balaban J connectivity index is 2.16. The van der Waals surface area contributed by atoms with Gasteiger partial charge in [0.15, 0.2) is 0 Å². The smallest absolute Gasteiger partial charge is 0.0257 e. The van der Waals surface area contributed by atoms with Crippen molar-refractivity contribution in [1.29, 1.82) is 0 Å². The highest BCUT2D eigenvalue weighted by molar-refractivity contribution is 6.18. The topological polar surface area (TPSA) is 0 Å². The van der Waals surface area contributed by atoms with Crippen LogP contribution in [0.2, 0.25) is 0 Å². The van der Waals surface area contributed by atoms with E-state index in [1.54, 1.807) is 0 Å². The van der Waals surface area contributed by atoms with Crippen LogP contribution in [0.1, 0.15) is 39.5 Å². The Labute approximate surface area is 69.0 Å². The SMILES string of the molecule is CCCCC1(C)CC1CCl. The highest BCUT2D eigenvalue weighted by atomic mass is 35.5. The first-order chi connectivity index (χ1) is 4.73. The van der Waals surface area contributed by atoms with E-state index in [2.05, 4.69) is 13.8 Å². The van der Waals surface area contributed by atoms with Crippen molar-refractivity contribution < 1.29 is 0 Å². The van der Waals surface area contributed by atoms with Gasteiger partial charge >= 0.3 is 0 Å². The van der Waals surface area contributed by atoms with Gasteiger partial charge in [-0.2, -0.15) is 0 Å². The van der Waals surface area contributed by atoms with E-state index >= 15 is 0 Å². The minimum absolute atomic E-state index is 0.637. The number of halogens is 1. The van der Waals surface area contributed by atoms with Crippen molar-refractivity contribution in [2.45, 2.75) is 39.5 Å². The fraction of sp³-hybridized carbons (Fsp3) is 1.00. The van der Waals surface area contributed by atoms with Crippen LogP contribution in [0.5, 0.6) is 0 Å². The summed E-state index contributed by atoms with van der Waals surface area (Å²) >= 11 is 5.76. The third-order valence-electron chi connectivity index (χ3n) is 2.83. The van der Waals surface area contributed by atoms with Crippen molar-refractivity contribution >= 4 is 11.6 Å². The molecule has 60 valence electrons. The van der Waals surface area contributed by atoms with Gasteiger partial charge in [-0.3, -0.25) is 0 Å². The maximum absolute atomic E-state index is 5.76. The fourth-order valence-corrected chi connectivity index (χ4v) is 2.11. The average molecular weight is 161 g/mol. The Morgan fingerprint density at radius 1 is 1.60 bits per heavy atom. The Morgan fingerprint density at radius 2 is 2.30 bits per heavy atom. The predicted molar refractivity (Wildman–Crippen MR) is 46.5 cm³/mol. The van der Waals surface area contributed by atoms with Gasteiger partial charge in [0.1, 0.15) is 0 Å². The van der Waals surface area contributed by atoms with Crippen LogP contribution in [0.15, 0.2) is 0 Å². The molecular formula is C9H17Cl. The molecule has 0 aromatic heterocycles. The second-order valence-corrected chi connectivity index (χ2v) is 4.12. The summed E-state index contributed by atoms with van der Waals surface area (Å²) in [6.07, 6.45) is 5.46. The Bertz CT molecular complexity index is 111. The van der Waals surface area contributed by atoms with Crippen molar-refractivity contribution in [3.05, 3.63) is 0 Å². The molecule has 2 atom stereocenters. The van der Waals surface area contributed by atoms with Crippen LogP contribution in [0, 0.1) is 11.3 Å². The van der Waals surface area contributed by atoms with E-state index in [0.29, 0.717) is 5.41 Å². The second kappa shape index (κ2) is 3.13. The lowest BCUT2D eigenvalue weighted by atomic mass is 9.99. The van der Waals surface area contributed by atoms with Gasteiger partial charge in [-0.1, -0.05) is 26.7 Å². The number of hydrogen-bond acceptors (Lipinski definition) is 0. The van der Waals surface area contributed by atoms with Crippen LogP contribution in [-0.4, -0.2) is 5.88 Å². The van der Waals surface area contributed by atoms with Gasteiger partial charge in [-0.05, 0) is 24.2 Å². The highest BCUT2D eigenvalue weighted by Gasteiger charge is 2.47. The van der Waals surface area contributed by atoms with E-state index in [1.807, 2.05) is 0 Å². The van der Waals surface area contributed by atoms with Gasteiger partial charge in [0.2, 0.25) is 0 Å². The molecular weight excluding hydrogens is 144 g/mol. The molecule has 1 aliphatic rings. The van der Waals surface area contributed by atoms with E-state index in [1.165, 1.54) is 25.7 Å². The second-order valence-electron chi connectivity index (χ2n) is 3.81. The zero-order chi connectivity index (χ0) is 7.61. The average Bonchev–Trinajstić information content (AvgIpc) is 2.59. The predicted octanol–water partition coefficient (Wildman–Crippen LogP) is 3.44. The van der Waals surface area contributed by atoms with Gasteiger partial charge in [0.25, 0.3) is 0 Å². The van der Waals surface area contributed by atoms with Crippen molar-refractivity contribution in [1.82, 2.24) is 0 Å². The third-order valence-corrected chi connectivity index (χ3v) is 3.20. The molecule has 0 bridgehead atoms. The first-order valence-electron chi connectivity index (χ1n) is 4.29. The molecule has 1 fully saturated rings. The molecule has 0 aromatic carbocycles. The summed E-state index contributed by atoms with van der Waals surface area (Å²) in [7, 11) is 0. The normalized spacial score (nSPS) is 38.1. The number of hydrogen-bond donors (Lipinski definition) is 0. The van der Waals surface area contributed by atoms with Crippen LogP contribution in [0.3, 0.4) is 0 Å². The summed E-state index contributed by atoms with van der Waals surface area (Å²) in [5.41, 5.74) is 0.637. The van der Waals surface area contributed by atoms with Gasteiger partial charge < -0.3 is 0 Å². The highest BCUT2D eigenvalue weighted by Crippen LogP contribution is 2.55. The van der Waals surface area contributed by atoms with E-state index in [-0.39, 0.29) is 0 Å². The van der Waals surface area contributed by atoms with Crippen LogP contribution >= 0.6 is 11.6 Å². The van der Waals surface area contributed by atoms with Gasteiger partial charge in [-0.25, -0.2) is 0 Å². The van der Waals surface area contributed by atoms with Crippen LogP contribution in [-0.2, 0) is 0 Å². The third kappa shape index (κ3) is 1.66. The summed E-state index contributed by atoms with van der Waals surface area (Å²) in [6.45, 7) is 4.62. The van der Waals surface area contributed by atoms with Gasteiger partial charge in [0.05, 0.1) is 0 Å². The number of alkyl halides is 1. The van der Waals surface area contributed by atoms with Gasteiger partial charge in [0, 0.05) is 5.88 Å². The molecule has 0 heterocycles. The molecule has 0 amide bonds. The van der Waals surface area contributed by atoms with Crippen LogP contribution < -0.4 is 0 Å². The molecule has 0 N–H and O–H groups in total. The molecule has 0 spiro atoms. The molecule has 1 rings (SSSR count). The van der Waals surface area contributed by atoms with E-state index in [4.69, 9.17) is 11.6 Å². The van der Waals surface area contributed by atoms with Crippen molar-refractivity contribution in [3.8, 4) is 0 Å². The summed E-state index contributed by atoms with van der Waals surface area (Å²) in [4.78, 5) is 0. The van der Waals surface area contributed by atoms with Crippen molar-refractivity contribution in [2.24, 2.45) is 11.3 Å². The molecule has 2 unspecified atom stereocenters. The number of rotatable bonds is 4. The maximum atomic E-state index is 5.76. The molecule has 10 heavy (non-hydrogen) atoms. The summed E-state index contributed by atoms with van der Waals surface area (Å²) in [6, 6.07) is 0. The van der Waals surface area contributed by atoms with Crippen LogP contribution in [0.4, 0.5) is 0 Å². The molecule has 1 aliphatic carbocycles. The number of unbranched alkanes of at least 4 members (excludes halogenated alkanes) is 1. The fourth-order valence-electron chi connectivity index (χ4n) is 1.63. The van der Waals surface area contributed by atoms with Gasteiger partial charge in [-0.15, -0.1) is 11.6 Å². The zero-order valence-electron chi connectivity index (χ0n) is 6.99. The van der Waals surface area contributed by atoms with E-state index in [0.717, 1.165) is 11.8 Å². The van der Waals surface area contributed by atoms with Crippen molar-refractivity contribution in [2.75, 3.05) is 5.88 Å². The largest absolute Gasteiger partial charge is 0.126 e. The lowest BCUT2D eigenvalue weighted by molar-refractivity contribution is 0.455. The van der Waals surface area contributed by atoms with E-state index < -0.39 is 0 Å². The Hall–Kier alpha value is 0.290. The first-order valence-corrected chi connectivity index (χ1v) is 4.82. The molecule has 1 heteroatoms. The van der Waals surface area contributed by atoms with Crippen LogP contribution in [0.25, 0.3) is 0 Å². The molecule has 0 nitrogen and oxygen atoms in total. The Kier molecular flexibility index (Phi) is 2.62. The lowest BCUT2D eigenvalue weighted by Crippen LogP contribution is -1.98. The summed E-state index contributed by atoms with van der Waals surface area (Å²) in [5, 5.41) is 0. The quantitative estimate of drug-likeness (QED) is 0.553. The minimum Gasteiger partial charge on any atom is -0.126 e. The molecule has 0 radical (unpaired) electrons. The molecule has 0 aromatic rings. The maximum Gasteiger partial charge on any atom is 0.0257 e. The molecule has 0 aliphatic heterocycles. The minimum atomic E-state index is 0.637. The van der Waals surface area contributed by atoms with E-state index in [9.17, 15) is 0 Å². The molecule has 1 saturated carbocycles. The standard InChI is InChI=1S/C9H17Cl/c1-3-4-5-9(2)6-8(9)7-10/h8H,3-7H2,1-2H3. The molecule has 0 saturated heterocycles. The zero-order valence-corrected chi connectivity index (χ0v) is 7.75. The lowest BCUT2D eigenvalue weighted by Gasteiger charge is -2.07. The summed E-state index contributed by atoms with van der Waals surface area (Å²) in [5.74, 6) is 1.71. The Morgan fingerprint density at radius 3 is 2.70 bits per heavy atom. The van der Waals surface area contributed by atoms with Crippen molar-refractivity contribution in [3.63, 3.8) is 0 Å². The first kappa shape index (κ1) is 8.39. The summed E-state index contributed by atoms with van der Waals surface area (Å²) < 4.78 is 0. The monoisotopic (exact) mass is 160 g/mol.